The molecule has 4 aromatic rings. The first-order valence-corrected chi connectivity index (χ1v) is 12.9. The van der Waals surface area contributed by atoms with Crippen molar-refractivity contribution in [3.05, 3.63) is 59.8 Å². The lowest BCUT2D eigenvalue weighted by molar-refractivity contribution is -0.119. The average Bonchev–Trinajstić information content (AvgIpc) is 3.85. The number of aromatic amines is 2. The van der Waals surface area contributed by atoms with Gasteiger partial charge in [0.1, 0.15) is 11.7 Å². The van der Waals surface area contributed by atoms with Crippen molar-refractivity contribution in [2.45, 2.75) is 45.4 Å². The second-order valence-corrected chi connectivity index (χ2v) is 10.3. The summed E-state index contributed by atoms with van der Waals surface area (Å²) in [7, 11) is 1.58. The van der Waals surface area contributed by atoms with Gasteiger partial charge in [-0.2, -0.15) is 5.10 Å². The highest BCUT2D eigenvalue weighted by atomic mass is 16.5. The summed E-state index contributed by atoms with van der Waals surface area (Å²) in [5.74, 6) is 2.73. The van der Waals surface area contributed by atoms with Crippen molar-refractivity contribution in [1.82, 2.24) is 30.4 Å². The molecule has 37 heavy (non-hydrogen) atoms. The Morgan fingerprint density at radius 2 is 1.70 bits per heavy atom. The molecule has 1 unspecified atom stereocenters. The van der Waals surface area contributed by atoms with Crippen LogP contribution in [0, 0.1) is 31.6 Å². The van der Waals surface area contributed by atoms with Crippen molar-refractivity contribution < 1.29 is 9.53 Å². The van der Waals surface area contributed by atoms with E-state index in [0.29, 0.717) is 29.4 Å². The molecular weight excluding hydrogens is 466 g/mol. The molecule has 1 atom stereocenters. The fourth-order valence-corrected chi connectivity index (χ4v) is 5.48. The molecule has 2 fully saturated rings. The number of amides is 1. The Morgan fingerprint density at radius 1 is 1.00 bits per heavy atom. The van der Waals surface area contributed by atoms with Crippen molar-refractivity contribution in [2.75, 3.05) is 12.4 Å². The predicted octanol–water partition coefficient (Wildman–Crippen LogP) is 5.04. The molecule has 1 amide bonds. The number of ether oxygens (including phenoxy) is 1. The maximum absolute atomic E-state index is 13.8. The number of hydrogen-bond acceptors (Lipinski definition) is 6. The number of carbonyl (C=O) groups excluding carboxylic acids is 1. The quantitative estimate of drug-likeness (QED) is 0.298. The summed E-state index contributed by atoms with van der Waals surface area (Å²) in [6.45, 7) is 4.00. The van der Waals surface area contributed by atoms with Gasteiger partial charge in [0.05, 0.1) is 12.8 Å². The highest BCUT2D eigenvalue weighted by Gasteiger charge is 2.49. The van der Waals surface area contributed by atoms with Crippen LogP contribution in [-0.4, -0.2) is 43.4 Å². The average molecular weight is 498 g/mol. The molecule has 3 heterocycles. The summed E-state index contributed by atoms with van der Waals surface area (Å²) in [5.41, 5.74) is 5.72. The zero-order valence-electron chi connectivity index (χ0n) is 21.3. The van der Waals surface area contributed by atoms with Crippen LogP contribution in [0.15, 0.2) is 42.6 Å². The zero-order chi connectivity index (χ0) is 25.5. The molecular formula is C28H31N7O2. The van der Waals surface area contributed by atoms with Crippen LogP contribution in [0.1, 0.15) is 48.8 Å². The number of carbonyl (C=O) groups is 1. The third kappa shape index (κ3) is 4.73. The van der Waals surface area contributed by atoms with Crippen LogP contribution in [-0.2, 0) is 4.79 Å². The van der Waals surface area contributed by atoms with Gasteiger partial charge in [-0.25, -0.2) is 4.98 Å². The molecule has 190 valence electrons. The standard InChI is InChI=1S/C28H31N7O2/c1-15-23(16(2)33-32-15)17-8-11-21(12-9-17)30-28(36)25(24(18-4-5-18)19-6-7-19)27-31-26(34-35-27)20-10-13-22(37-3)29-14-20/h8-14,18-19,24-25H,4-7H2,1-3H3,(H,30,36)(H,32,33)(H,31,34,35). The van der Waals surface area contributed by atoms with E-state index in [1.807, 2.05) is 44.2 Å². The van der Waals surface area contributed by atoms with Gasteiger partial charge in [-0.15, -0.1) is 10.2 Å². The van der Waals surface area contributed by atoms with E-state index in [1.54, 1.807) is 19.4 Å². The minimum Gasteiger partial charge on any atom is -0.481 e. The van der Waals surface area contributed by atoms with E-state index in [4.69, 9.17) is 4.74 Å². The van der Waals surface area contributed by atoms with Gasteiger partial charge in [-0.3, -0.25) is 9.89 Å². The van der Waals surface area contributed by atoms with Crippen LogP contribution >= 0.6 is 0 Å². The maximum Gasteiger partial charge on any atom is 0.235 e. The van der Waals surface area contributed by atoms with E-state index in [1.165, 1.54) is 25.7 Å². The maximum atomic E-state index is 13.8. The summed E-state index contributed by atoms with van der Waals surface area (Å²) in [6.07, 6.45) is 6.39. The molecule has 0 aliphatic heterocycles. The molecule has 3 N–H and O–H groups in total. The number of H-pyrrole nitrogens is 2. The lowest BCUT2D eigenvalue weighted by atomic mass is 9.82. The molecule has 9 heteroatoms. The normalized spacial score (nSPS) is 16.1. The number of methoxy groups -OCH3 is 1. The molecule has 3 aromatic heterocycles. The van der Waals surface area contributed by atoms with E-state index < -0.39 is 0 Å². The van der Waals surface area contributed by atoms with Crippen molar-refractivity contribution in [3.8, 4) is 28.4 Å². The van der Waals surface area contributed by atoms with E-state index in [0.717, 1.165) is 33.8 Å². The highest BCUT2D eigenvalue weighted by Crippen LogP contribution is 2.54. The van der Waals surface area contributed by atoms with E-state index in [2.05, 4.69) is 35.7 Å². The van der Waals surface area contributed by atoms with E-state index in [9.17, 15) is 4.79 Å². The second-order valence-electron chi connectivity index (χ2n) is 10.3. The van der Waals surface area contributed by atoms with Crippen molar-refractivity contribution in [3.63, 3.8) is 0 Å². The second kappa shape index (κ2) is 9.46. The predicted molar refractivity (Wildman–Crippen MR) is 140 cm³/mol. The van der Waals surface area contributed by atoms with Crippen LogP contribution in [0.25, 0.3) is 22.5 Å². The van der Waals surface area contributed by atoms with Gasteiger partial charge >= 0.3 is 0 Å². The van der Waals surface area contributed by atoms with Gasteiger partial charge in [0, 0.05) is 34.8 Å². The third-order valence-electron chi connectivity index (χ3n) is 7.59. The summed E-state index contributed by atoms with van der Waals surface area (Å²) < 4.78 is 5.16. The number of rotatable bonds is 9. The topological polar surface area (TPSA) is 121 Å². The fraction of sp³-hybridized carbons (Fsp3) is 0.393. The first kappa shape index (κ1) is 23.4. The zero-order valence-corrected chi connectivity index (χ0v) is 21.3. The molecule has 2 aliphatic rings. The lowest BCUT2D eigenvalue weighted by Gasteiger charge is -2.24. The Kier molecular flexibility index (Phi) is 5.98. The van der Waals surface area contributed by atoms with E-state index in [-0.39, 0.29) is 17.7 Å². The van der Waals surface area contributed by atoms with Gasteiger partial charge in [0.2, 0.25) is 11.8 Å². The number of nitrogens with zero attached hydrogens (tertiary/aromatic N) is 4. The third-order valence-corrected chi connectivity index (χ3v) is 7.59. The number of benzene rings is 1. The van der Waals surface area contributed by atoms with E-state index >= 15 is 0 Å². The summed E-state index contributed by atoms with van der Waals surface area (Å²) >= 11 is 0. The molecule has 2 saturated carbocycles. The first-order chi connectivity index (χ1) is 18.0. The van der Waals surface area contributed by atoms with Crippen LogP contribution in [0.4, 0.5) is 5.69 Å². The molecule has 0 bridgehead atoms. The molecule has 0 spiro atoms. The van der Waals surface area contributed by atoms with Gasteiger partial charge in [0.15, 0.2) is 5.82 Å². The number of hydrogen-bond donors (Lipinski definition) is 3. The summed E-state index contributed by atoms with van der Waals surface area (Å²) in [4.78, 5) is 21.4. The van der Waals surface area contributed by atoms with Crippen LogP contribution < -0.4 is 10.1 Å². The monoisotopic (exact) mass is 497 g/mol. The largest absolute Gasteiger partial charge is 0.481 e. The Bertz CT molecular complexity index is 1370. The molecule has 2 aliphatic carbocycles. The van der Waals surface area contributed by atoms with Crippen molar-refractivity contribution >= 4 is 11.6 Å². The number of aryl methyl sites for hydroxylation is 2. The molecule has 0 radical (unpaired) electrons. The van der Waals surface area contributed by atoms with Crippen LogP contribution in [0.5, 0.6) is 5.88 Å². The Hall–Kier alpha value is -4.01. The molecule has 6 rings (SSSR count). The van der Waals surface area contributed by atoms with Crippen LogP contribution in [0.3, 0.4) is 0 Å². The van der Waals surface area contributed by atoms with Crippen molar-refractivity contribution in [2.24, 2.45) is 17.8 Å². The smallest absolute Gasteiger partial charge is 0.235 e. The number of anilines is 1. The molecule has 1 aromatic carbocycles. The van der Waals surface area contributed by atoms with Gasteiger partial charge in [-0.1, -0.05) is 12.1 Å². The Balaban J connectivity index is 1.27. The Labute approximate surface area is 215 Å². The Morgan fingerprint density at radius 3 is 2.27 bits per heavy atom. The first-order valence-electron chi connectivity index (χ1n) is 12.9. The van der Waals surface area contributed by atoms with Crippen LogP contribution in [0.2, 0.25) is 0 Å². The minimum atomic E-state index is -0.384. The van der Waals surface area contributed by atoms with Gasteiger partial charge < -0.3 is 15.0 Å². The number of aromatic nitrogens is 6. The molecule has 0 saturated heterocycles. The number of pyridine rings is 1. The van der Waals surface area contributed by atoms with Crippen molar-refractivity contribution in [1.29, 1.82) is 0 Å². The fourth-order valence-electron chi connectivity index (χ4n) is 5.48. The molecule has 9 nitrogen and oxygen atoms in total. The lowest BCUT2D eigenvalue weighted by Crippen LogP contribution is -2.31. The minimum absolute atomic E-state index is 0.0391. The van der Waals surface area contributed by atoms with Gasteiger partial charge in [0.25, 0.3) is 0 Å². The summed E-state index contributed by atoms with van der Waals surface area (Å²) in [6, 6.07) is 11.6. The SMILES string of the molecule is COc1ccc(-c2nnc(C(C(=O)Nc3ccc(-c4c(C)n[nH]c4C)cc3)C(C3CC3)C3CC3)[nH]2)cn1. The highest BCUT2D eigenvalue weighted by molar-refractivity contribution is 5.96. The summed E-state index contributed by atoms with van der Waals surface area (Å²) in [5, 5.41) is 19.3. The number of nitrogens with one attached hydrogen (secondary N) is 3. The van der Waals surface area contributed by atoms with Gasteiger partial charge in [-0.05, 0) is 81.0 Å².